The SMILES string of the molecule is Oc1ccc2c(c1)c1ccccc1c1cc(-c3ccccc3O)oc21. The number of para-hydroxylation sites is 1. The van der Waals surface area contributed by atoms with Gasteiger partial charge in [-0.15, -0.1) is 0 Å². The Morgan fingerprint density at radius 2 is 1.32 bits per heavy atom. The molecule has 25 heavy (non-hydrogen) atoms. The Labute approximate surface area is 143 Å². The van der Waals surface area contributed by atoms with E-state index in [0.717, 1.165) is 32.5 Å². The standard InChI is InChI=1S/C22H14O3/c23-13-9-10-16-18(11-13)14-5-1-2-6-15(14)19-12-21(25-22(16)19)17-7-3-4-8-20(17)24/h1-12,23-24H. The molecule has 0 saturated heterocycles. The van der Waals surface area contributed by atoms with Gasteiger partial charge in [0, 0.05) is 10.8 Å². The van der Waals surface area contributed by atoms with E-state index in [1.807, 2.05) is 48.5 Å². The van der Waals surface area contributed by atoms with Crippen LogP contribution in [0.25, 0.3) is 43.8 Å². The lowest BCUT2D eigenvalue weighted by atomic mass is 9.98. The smallest absolute Gasteiger partial charge is 0.143 e. The van der Waals surface area contributed by atoms with E-state index in [1.165, 1.54) is 0 Å². The summed E-state index contributed by atoms with van der Waals surface area (Å²) >= 11 is 0. The van der Waals surface area contributed by atoms with Gasteiger partial charge in [0.1, 0.15) is 22.8 Å². The van der Waals surface area contributed by atoms with E-state index < -0.39 is 0 Å². The molecule has 0 atom stereocenters. The van der Waals surface area contributed by atoms with Gasteiger partial charge in [-0.1, -0.05) is 36.4 Å². The van der Waals surface area contributed by atoms with Crippen LogP contribution in [0.4, 0.5) is 0 Å². The monoisotopic (exact) mass is 326 g/mol. The van der Waals surface area contributed by atoms with Crippen LogP contribution in [0.15, 0.2) is 77.2 Å². The lowest BCUT2D eigenvalue weighted by Gasteiger charge is -2.06. The Kier molecular flexibility index (Phi) is 2.80. The van der Waals surface area contributed by atoms with Gasteiger partial charge in [0.05, 0.1) is 5.56 Å². The number of rotatable bonds is 1. The topological polar surface area (TPSA) is 53.6 Å². The van der Waals surface area contributed by atoms with E-state index >= 15 is 0 Å². The summed E-state index contributed by atoms with van der Waals surface area (Å²) in [5.74, 6) is 1.04. The maximum Gasteiger partial charge on any atom is 0.143 e. The molecule has 5 aromatic rings. The van der Waals surface area contributed by atoms with Gasteiger partial charge in [-0.05, 0) is 52.6 Å². The summed E-state index contributed by atoms with van der Waals surface area (Å²) in [5.41, 5.74) is 1.42. The summed E-state index contributed by atoms with van der Waals surface area (Å²) in [5, 5.41) is 25.1. The molecule has 0 radical (unpaired) electrons. The van der Waals surface area contributed by atoms with Crippen LogP contribution in [0.2, 0.25) is 0 Å². The zero-order valence-corrected chi connectivity index (χ0v) is 13.2. The van der Waals surface area contributed by atoms with Crippen LogP contribution in [-0.2, 0) is 0 Å². The summed E-state index contributed by atoms with van der Waals surface area (Å²) in [6.45, 7) is 0. The number of benzene rings is 4. The molecule has 3 heteroatoms. The predicted octanol–water partition coefficient (Wildman–Crippen LogP) is 5.82. The average Bonchev–Trinajstić information content (AvgIpc) is 3.07. The first-order valence-corrected chi connectivity index (χ1v) is 8.08. The quantitative estimate of drug-likeness (QED) is 0.382. The van der Waals surface area contributed by atoms with Crippen molar-refractivity contribution in [2.75, 3.05) is 0 Å². The van der Waals surface area contributed by atoms with E-state index in [-0.39, 0.29) is 11.5 Å². The molecule has 0 bridgehead atoms. The third-order valence-electron chi connectivity index (χ3n) is 4.66. The fourth-order valence-corrected chi connectivity index (χ4v) is 3.51. The van der Waals surface area contributed by atoms with Gasteiger partial charge < -0.3 is 14.6 Å². The molecule has 4 aromatic carbocycles. The molecule has 3 nitrogen and oxygen atoms in total. The van der Waals surface area contributed by atoms with Gasteiger partial charge >= 0.3 is 0 Å². The molecule has 5 rings (SSSR count). The van der Waals surface area contributed by atoms with Gasteiger partial charge in [-0.2, -0.15) is 0 Å². The number of phenolic OH excluding ortho intramolecular Hbond substituents is 2. The fourth-order valence-electron chi connectivity index (χ4n) is 3.51. The summed E-state index contributed by atoms with van der Waals surface area (Å²) in [6.07, 6.45) is 0. The summed E-state index contributed by atoms with van der Waals surface area (Å²) in [7, 11) is 0. The highest BCUT2D eigenvalue weighted by atomic mass is 16.3. The molecule has 0 fully saturated rings. The molecule has 0 aliphatic heterocycles. The Morgan fingerprint density at radius 3 is 2.12 bits per heavy atom. The molecule has 0 unspecified atom stereocenters. The van der Waals surface area contributed by atoms with Gasteiger partial charge in [0.25, 0.3) is 0 Å². The van der Waals surface area contributed by atoms with Gasteiger partial charge in [-0.3, -0.25) is 0 Å². The lowest BCUT2D eigenvalue weighted by molar-refractivity contribution is 0.474. The van der Waals surface area contributed by atoms with Crippen molar-refractivity contribution in [1.82, 2.24) is 0 Å². The van der Waals surface area contributed by atoms with Crippen LogP contribution in [0.5, 0.6) is 11.5 Å². The first kappa shape index (κ1) is 13.9. The minimum Gasteiger partial charge on any atom is -0.508 e. The van der Waals surface area contributed by atoms with E-state index in [4.69, 9.17) is 4.42 Å². The van der Waals surface area contributed by atoms with Crippen molar-refractivity contribution >= 4 is 32.5 Å². The van der Waals surface area contributed by atoms with Gasteiger partial charge in [0.2, 0.25) is 0 Å². The zero-order valence-electron chi connectivity index (χ0n) is 13.2. The summed E-state index contributed by atoms with van der Waals surface area (Å²) in [6, 6.07) is 22.5. The maximum absolute atomic E-state index is 10.2. The molecule has 0 amide bonds. The van der Waals surface area contributed by atoms with Crippen molar-refractivity contribution < 1.29 is 14.6 Å². The Morgan fingerprint density at radius 1 is 0.600 bits per heavy atom. The molecule has 1 heterocycles. The Bertz CT molecular complexity index is 1260. The van der Waals surface area contributed by atoms with Crippen molar-refractivity contribution in [3.63, 3.8) is 0 Å². The molecule has 1 aromatic heterocycles. The van der Waals surface area contributed by atoms with Gasteiger partial charge in [-0.25, -0.2) is 0 Å². The molecule has 0 aliphatic rings. The summed E-state index contributed by atoms with van der Waals surface area (Å²) < 4.78 is 6.15. The Balaban J connectivity index is 1.98. The number of fused-ring (bicyclic) bond motifs is 6. The molecule has 0 saturated carbocycles. The first-order valence-electron chi connectivity index (χ1n) is 8.08. The van der Waals surface area contributed by atoms with E-state index in [9.17, 15) is 10.2 Å². The second kappa shape index (κ2) is 5.02. The zero-order chi connectivity index (χ0) is 17.0. The third-order valence-corrected chi connectivity index (χ3v) is 4.66. The molecule has 0 spiro atoms. The van der Waals surface area contributed by atoms with Crippen LogP contribution in [0.3, 0.4) is 0 Å². The van der Waals surface area contributed by atoms with Gasteiger partial charge in [0.15, 0.2) is 0 Å². The minimum absolute atomic E-state index is 0.188. The third kappa shape index (κ3) is 1.99. The highest BCUT2D eigenvalue weighted by Crippen LogP contribution is 2.41. The molecule has 120 valence electrons. The number of furan rings is 1. The van der Waals surface area contributed by atoms with Crippen LogP contribution in [0, 0.1) is 0 Å². The Hall–Kier alpha value is -3.46. The normalized spacial score (nSPS) is 11.5. The second-order valence-corrected chi connectivity index (χ2v) is 6.15. The highest BCUT2D eigenvalue weighted by Gasteiger charge is 2.16. The highest BCUT2D eigenvalue weighted by molar-refractivity contribution is 6.24. The fraction of sp³-hybridized carbons (Fsp3) is 0. The molecule has 2 N–H and O–H groups in total. The van der Waals surface area contributed by atoms with Crippen LogP contribution >= 0.6 is 0 Å². The number of phenols is 2. The van der Waals surface area contributed by atoms with Crippen molar-refractivity contribution in [3.05, 3.63) is 72.8 Å². The van der Waals surface area contributed by atoms with E-state index in [2.05, 4.69) is 0 Å². The largest absolute Gasteiger partial charge is 0.508 e. The number of hydrogen-bond donors (Lipinski definition) is 2. The summed E-state index contributed by atoms with van der Waals surface area (Å²) in [4.78, 5) is 0. The molecular formula is C22H14O3. The van der Waals surface area contributed by atoms with Crippen molar-refractivity contribution in [2.45, 2.75) is 0 Å². The van der Waals surface area contributed by atoms with Crippen LogP contribution < -0.4 is 0 Å². The van der Waals surface area contributed by atoms with Crippen LogP contribution in [0.1, 0.15) is 0 Å². The number of aromatic hydroxyl groups is 2. The van der Waals surface area contributed by atoms with E-state index in [1.54, 1.807) is 24.3 Å². The van der Waals surface area contributed by atoms with Crippen molar-refractivity contribution in [2.24, 2.45) is 0 Å². The second-order valence-electron chi connectivity index (χ2n) is 6.15. The van der Waals surface area contributed by atoms with Crippen LogP contribution in [-0.4, -0.2) is 10.2 Å². The number of hydrogen-bond acceptors (Lipinski definition) is 3. The first-order chi connectivity index (χ1) is 12.2. The molecular weight excluding hydrogens is 312 g/mol. The average molecular weight is 326 g/mol. The lowest BCUT2D eigenvalue weighted by Crippen LogP contribution is -1.79. The minimum atomic E-state index is 0.188. The van der Waals surface area contributed by atoms with Crippen molar-refractivity contribution in [1.29, 1.82) is 0 Å². The van der Waals surface area contributed by atoms with E-state index in [0.29, 0.717) is 11.3 Å². The predicted molar refractivity (Wildman–Crippen MR) is 100.0 cm³/mol. The molecule has 0 aliphatic carbocycles. The maximum atomic E-state index is 10.2. The van der Waals surface area contributed by atoms with Crippen molar-refractivity contribution in [3.8, 4) is 22.8 Å².